The number of nitrogens with one attached hydrogen (secondary N) is 2. The third-order valence-electron chi connectivity index (χ3n) is 6.01. The standard InChI is InChI=1S/C22H30BrFN2/c1-14(13-25-3)9-10-18-15(2)19-11-17(23)12-20(24)22(19)26-21(18)16-7-5-4-6-8-16/h4-7,11-12,14-16,18,21,25-26H,8-10,13H2,1-3H3/t14-,15+,16?,18-,21+/m1/s1. The molecule has 3 rings (SSSR count). The summed E-state index contributed by atoms with van der Waals surface area (Å²) in [5, 5.41) is 6.88. The molecule has 0 amide bonds. The molecule has 0 spiro atoms. The van der Waals surface area contributed by atoms with Crippen LogP contribution in [0.1, 0.15) is 44.6 Å². The minimum Gasteiger partial charge on any atom is -0.379 e. The first-order valence-electron chi connectivity index (χ1n) is 9.74. The first-order chi connectivity index (χ1) is 12.5. The Balaban J connectivity index is 1.88. The molecule has 2 aliphatic rings. The summed E-state index contributed by atoms with van der Waals surface area (Å²) in [6.45, 7) is 5.62. The van der Waals surface area contributed by atoms with Gasteiger partial charge in [0, 0.05) is 16.4 Å². The SMILES string of the molecule is CNC[C@H](C)CC[C@@H]1[C@H](C)c2cc(Br)cc(F)c2N[C@H]1C1C=CC=CC1. The number of rotatable bonds is 6. The van der Waals surface area contributed by atoms with Crippen LogP contribution in [-0.2, 0) is 0 Å². The molecule has 1 heterocycles. The van der Waals surface area contributed by atoms with Crippen LogP contribution in [0.5, 0.6) is 0 Å². The van der Waals surface area contributed by atoms with Crippen molar-refractivity contribution in [1.29, 1.82) is 0 Å². The maximum Gasteiger partial charge on any atom is 0.147 e. The Morgan fingerprint density at radius 1 is 1.35 bits per heavy atom. The predicted molar refractivity (Wildman–Crippen MR) is 112 cm³/mol. The van der Waals surface area contributed by atoms with E-state index in [2.05, 4.69) is 70.8 Å². The van der Waals surface area contributed by atoms with Gasteiger partial charge in [-0.2, -0.15) is 0 Å². The van der Waals surface area contributed by atoms with Crippen molar-refractivity contribution in [2.75, 3.05) is 18.9 Å². The number of hydrogen-bond donors (Lipinski definition) is 2. The van der Waals surface area contributed by atoms with E-state index in [4.69, 9.17) is 0 Å². The number of halogens is 2. The second-order valence-electron chi connectivity index (χ2n) is 7.93. The zero-order chi connectivity index (χ0) is 18.7. The molecule has 1 aromatic carbocycles. The predicted octanol–water partition coefficient (Wildman–Crippen LogP) is 5.87. The van der Waals surface area contributed by atoms with E-state index < -0.39 is 0 Å². The van der Waals surface area contributed by atoms with Gasteiger partial charge in [0.2, 0.25) is 0 Å². The second-order valence-corrected chi connectivity index (χ2v) is 8.84. The highest BCUT2D eigenvalue weighted by molar-refractivity contribution is 9.10. The highest BCUT2D eigenvalue weighted by Crippen LogP contribution is 2.45. The summed E-state index contributed by atoms with van der Waals surface area (Å²) in [4.78, 5) is 0. The molecular formula is C22H30BrFN2. The smallest absolute Gasteiger partial charge is 0.147 e. The Hall–Kier alpha value is -1.13. The van der Waals surface area contributed by atoms with Crippen LogP contribution in [0.15, 0.2) is 40.9 Å². The summed E-state index contributed by atoms with van der Waals surface area (Å²) in [7, 11) is 2.01. The third kappa shape index (κ3) is 4.23. The molecule has 142 valence electrons. The first-order valence-corrected chi connectivity index (χ1v) is 10.5. The van der Waals surface area contributed by atoms with Crippen LogP contribution in [0.4, 0.5) is 10.1 Å². The van der Waals surface area contributed by atoms with Gasteiger partial charge in [-0.15, -0.1) is 0 Å². The molecule has 0 saturated heterocycles. The van der Waals surface area contributed by atoms with Crippen LogP contribution in [0.25, 0.3) is 0 Å². The molecule has 2 nitrogen and oxygen atoms in total. The van der Waals surface area contributed by atoms with Gasteiger partial charge in [-0.05, 0) is 68.3 Å². The Morgan fingerprint density at radius 3 is 2.85 bits per heavy atom. The fraction of sp³-hybridized carbons (Fsp3) is 0.545. The van der Waals surface area contributed by atoms with E-state index >= 15 is 0 Å². The first kappa shape index (κ1) is 19.6. The van der Waals surface area contributed by atoms with E-state index in [-0.39, 0.29) is 11.9 Å². The lowest BCUT2D eigenvalue weighted by Crippen LogP contribution is -2.42. The summed E-state index contributed by atoms with van der Waals surface area (Å²) in [5.41, 5.74) is 1.81. The van der Waals surface area contributed by atoms with Crippen molar-refractivity contribution in [3.8, 4) is 0 Å². The normalized spacial score (nSPS) is 28.5. The lowest BCUT2D eigenvalue weighted by atomic mass is 9.70. The number of anilines is 1. The quantitative estimate of drug-likeness (QED) is 0.600. The highest BCUT2D eigenvalue weighted by Gasteiger charge is 2.38. The second kappa shape index (κ2) is 8.71. The van der Waals surface area contributed by atoms with Crippen LogP contribution in [0, 0.1) is 23.6 Å². The van der Waals surface area contributed by atoms with Gasteiger partial charge in [-0.25, -0.2) is 4.39 Å². The molecule has 0 aromatic heterocycles. The largest absolute Gasteiger partial charge is 0.379 e. The summed E-state index contributed by atoms with van der Waals surface area (Å²) in [6.07, 6.45) is 12.1. The zero-order valence-corrected chi connectivity index (χ0v) is 17.5. The van der Waals surface area contributed by atoms with Crippen LogP contribution >= 0.6 is 15.9 Å². The third-order valence-corrected chi connectivity index (χ3v) is 6.47. The molecular weight excluding hydrogens is 391 g/mol. The minimum absolute atomic E-state index is 0.149. The molecule has 1 aliphatic carbocycles. The number of allylic oxidation sites excluding steroid dienone is 3. The van der Waals surface area contributed by atoms with E-state index in [0.29, 0.717) is 29.4 Å². The van der Waals surface area contributed by atoms with E-state index in [0.717, 1.165) is 29.4 Å². The molecule has 2 N–H and O–H groups in total. The van der Waals surface area contributed by atoms with Gasteiger partial charge in [0.15, 0.2) is 0 Å². The summed E-state index contributed by atoms with van der Waals surface area (Å²) in [6, 6.07) is 3.94. The molecule has 0 bridgehead atoms. The van der Waals surface area contributed by atoms with Crippen LogP contribution in [0.2, 0.25) is 0 Å². The maximum absolute atomic E-state index is 14.7. The van der Waals surface area contributed by atoms with Gasteiger partial charge >= 0.3 is 0 Å². The molecule has 0 fully saturated rings. The van der Waals surface area contributed by atoms with Crippen LogP contribution in [0.3, 0.4) is 0 Å². The average molecular weight is 421 g/mol. The maximum atomic E-state index is 14.7. The van der Waals surface area contributed by atoms with Gasteiger partial charge in [0.05, 0.1) is 5.69 Å². The molecule has 0 saturated carbocycles. The lowest BCUT2D eigenvalue weighted by molar-refractivity contribution is 0.275. The molecule has 26 heavy (non-hydrogen) atoms. The van der Waals surface area contributed by atoms with Gasteiger partial charge < -0.3 is 10.6 Å². The summed E-state index contributed by atoms with van der Waals surface area (Å²) < 4.78 is 15.5. The van der Waals surface area contributed by atoms with Crippen molar-refractivity contribution in [2.24, 2.45) is 17.8 Å². The highest BCUT2D eigenvalue weighted by atomic mass is 79.9. The lowest BCUT2D eigenvalue weighted by Gasteiger charge is -2.43. The van der Waals surface area contributed by atoms with Crippen molar-refractivity contribution >= 4 is 21.6 Å². The van der Waals surface area contributed by atoms with Crippen molar-refractivity contribution in [3.63, 3.8) is 0 Å². The van der Waals surface area contributed by atoms with E-state index in [1.807, 2.05) is 7.05 Å². The minimum atomic E-state index is -0.149. The number of benzene rings is 1. The zero-order valence-electron chi connectivity index (χ0n) is 15.9. The molecule has 1 aliphatic heterocycles. The van der Waals surface area contributed by atoms with Crippen LogP contribution in [-0.4, -0.2) is 19.6 Å². The molecule has 0 radical (unpaired) electrons. The number of fused-ring (bicyclic) bond motifs is 1. The fourth-order valence-corrected chi connectivity index (χ4v) is 5.02. The van der Waals surface area contributed by atoms with Crippen molar-refractivity contribution in [1.82, 2.24) is 5.32 Å². The summed E-state index contributed by atoms with van der Waals surface area (Å²) >= 11 is 3.47. The monoisotopic (exact) mass is 420 g/mol. The van der Waals surface area contributed by atoms with Gasteiger partial charge in [0.1, 0.15) is 5.82 Å². The van der Waals surface area contributed by atoms with Gasteiger partial charge in [-0.3, -0.25) is 0 Å². The van der Waals surface area contributed by atoms with Gasteiger partial charge in [0.25, 0.3) is 0 Å². The Morgan fingerprint density at radius 2 is 2.15 bits per heavy atom. The number of hydrogen-bond acceptors (Lipinski definition) is 2. The Bertz CT molecular complexity index is 685. The van der Waals surface area contributed by atoms with Crippen molar-refractivity contribution < 1.29 is 4.39 Å². The van der Waals surface area contributed by atoms with Gasteiger partial charge in [-0.1, -0.05) is 54.1 Å². The average Bonchev–Trinajstić information content (AvgIpc) is 2.62. The van der Waals surface area contributed by atoms with E-state index in [1.54, 1.807) is 6.07 Å². The molecule has 5 atom stereocenters. The molecule has 4 heteroatoms. The Labute approximate surface area is 165 Å². The van der Waals surface area contributed by atoms with Crippen molar-refractivity contribution in [2.45, 2.75) is 45.1 Å². The molecule has 1 aromatic rings. The van der Waals surface area contributed by atoms with Crippen LogP contribution < -0.4 is 10.6 Å². The molecule has 1 unspecified atom stereocenters. The Kier molecular flexibility index (Phi) is 6.57. The van der Waals surface area contributed by atoms with E-state index in [9.17, 15) is 4.39 Å². The fourth-order valence-electron chi connectivity index (χ4n) is 4.57. The van der Waals surface area contributed by atoms with Crippen molar-refractivity contribution in [3.05, 3.63) is 52.3 Å². The van der Waals surface area contributed by atoms with E-state index in [1.165, 1.54) is 6.42 Å². The summed E-state index contributed by atoms with van der Waals surface area (Å²) in [5.74, 6) is 1.75. The topological polar surface area (TPSA) is 24.1 Å².